The van der Waals surface area contributed by atoms with Gasteiger partial charge in [-0.2, -0.15) is 0 Å². The van der Waals surface area contributed by atoms with Gasteiger partial charge in [0, 0.05) is 74.1 Å². The number of fused-ring (bicyclic) bond motifs is 2. The Hall–Kier alpha value is -9.40. The van der Waals surface area contributed by atoms with Gasteiger partial charge in [-0.05, 0) is 124 Å². The van der Waals surface area contributed by atoms with Crippen LogP contribution in [-0.2, 0) is 57.3 Å². The highest BCUT2D eigenvalue weighted by molar-refractivity contribution is 7.73. The second kappa shape index (κ2) is 27.0. The molecule has 13 rings (SSSR count). The number of methoxy groups -OCH3 is 4. The summed E-state index contributed by atoms with van der Waals surface area (Å²) in [5.41, 5.74) is 1.63. The number of nitrogens with zero attached hydrogens (tertiary/aromatic N) is 8. The number of ether oxygens (including phenoxy) is 4. The molecule has 8 atom stereocenters. The van der Waals surface area contributed by atoms with Crippen molar-refractivity contribution in [1.29, 1.82) is 0 Å². The van der Waals surface area contributed by atoms with Gasteiger partial charge in [-0.1, -0.05) is 97.1 Å². The van der Waals surface area contributed by atoms with E-state index in [9.17, 15) is 19.2 Å². The van der Waals surface area contributed by atoms with Gasteiger partial charge < -0.3 is 38.5 Å². The zero-order valence-electron chi connectivity index (χ0n) is 53.5. The molecule has 0 aromatic heterocycles. The van der Waals surface area contributed by atoms with Crippen molar-refractivity contribution in [3.63, 3.8) is 0 Å². The third kappa shape index (κ3) is 11.0. The summed E-state index contributed by atoms with van der Waals surface area (Å²) in [6.07, 6.45) is 2.22. The lowest BCUT2D eigenvalue weighted by Gasteiger charge is -2.38. The molecule has 5 aromatic carbocycles. The van der Waals surface area contributed by atoms with E-state index in [4.69, 9.17) is 18.9 Å². The Bertz CT molecular complexity index is 3570. The summed E-state index contributed by atoms with van der Waals surface area (Å²) in [4.78, 5) is 184. The summed E-state index contributed by atoms with van der Waals surface area (Å²) >= 11 is 0. The third-order valence-electron chi connectivity index (χ3n) is 19.8. The summed E-state index contributed by atoms with van der Waals surface area (Å²) in [6, 6.07) is 30.3. The summed E-state index contributed by atoms with van der Waals surface area (Å²) in [5.74, 6) is -11.6. The van der Waals surface area contributed by atoms with Gasteiger partial charge in [-0.15, -0.1) is 0 Å². The number of hydrogen-bond donors (Lipinski definition) is 0. The van der Waals surface area contributed by atoms with E-state index in [0.717, 1.165) is 0 Å². The first kappa shape index (κ1) is 65.3. The van der Waals surface area contributed by atoms with Gasteiger partial charge in [-0.25, -0.2) is 39.2 Å². The van der Waals surface area contributed by atoms with Crippen molar-refractivity contribution >= 4 is 97.6 Å². The SMILES string of the molecule is COC(=O)[C@H]1CCCN1C(=O)c1ccccc1[C@@H]1N2C(=O)CCC(=O)N2[C@@H](c2ccccc2C(=O)N2CCC[C@@H]2C(=O)OC)P1c1ccccc1P1[C@H](c2ccccc2C(=O)N2CCC[C@@H]2C(=O)OC)N2C(=O)CCC(=O)N2[C@H]1c1ccccc1C(=O)N1CCC[C@@H]1C(=O)OC. The predicted octanol–water partition coefficient (Wildman–Crippen LogP) is 6.57. The summed E-state index contributed by atoms with van der Waals surface area (Å²) in [7, 11) is 0.237. The number of carbonyl (C=O) groups excluding carboxylic acids is 12. The average molecular weight is 1340 g/mol. The largest absolute Gasteiger partial charge is 0.467 e. The van der Waals surface area contributed by atoms with Crippen molar-refractivity contribution in [2.75, 3.05) is 54.6 Å². The van der Waals surface area contributed by atoms with Gasteiger partial charge in [-0.3, -0.25) is 38.4 Å². The van der Waals surface area contributed by atoms with Crippen LogP contribution in [-0.4, -0.2) is 190 Å². The summed E-state index contributed by atoms with van der Waals surface area (Å²) in [5, 5.41) is 6.58. The Balaban J connectivity index is 1.10. The van der Waals surface area contributed by atoms with E-state index < -0.39 is 134 Å². The highest BCUT2D eigenvalue weighted by Crippen LogP contribution is 2.75. The second-order valence-corrected chi connectivity index (χ2v) is 29.4. The highest BCUT2D eigenvalue weighted by atomic mass is 31.1. The average Bonchev–Trinajstić information content (AvgIpc) is 1.54. The van der Waals surface area contributed by atoms with Gasteiger partial charge in [0.1, 0.15) is 47.3 Å². The van der Waals surface area contributed by atoms with Crippen molar-refractivity contribution in [1.82, 2.24) is 39.6 Å². The van der Waals surface area contributed by atoms with Crippen LogP contribution in [0.5, 0.6) is 0 Å². The van der Waals surface area contributed by atoms with Gasteiger partial charge in [0.15, 0.2) is 0 Å². The third-order valence-corrected chi connectivity index (χ3v) is 26.0. The van der Waals surface area contributed by atoms with E-state index in [2.05, 4.69) is 0 Å². The number of hydrazine groups is 2. The van der Waals surface area contributed by atoms with E-state index >= 15 is 38.4 Å². The minimum atomic E-state index is -2.38. The minimum absolute atomic E-state index is 0.109. The molecule has 8 fully saturated rings. The van der Waals surface area contributed by atoms with Crippen LogP contribution in [0.4, 0.5) is 0 Å². The van der Waals surface area contributed by atoms with Crippen molar-refractivity contribution in [3.05, 3.63) is 166 Å². The fraction of sp³-hybridized carbons (Fsp3) is 0.400. The number of benzene rings is 5. The van der Waals surface area contributed by atoms with E-state index in [1.165, 1.54) is 68.1 Å². The molecule has 0 N–H and O–H groups in total. The van der Waals surface area contributed by atoms with Crippen LogP contribution < -0.4 is 10.6 Å². The molecule has 8 saturated heterocycles. The number of rotatable bonds is 14. The number of amides is 8. The maximum absolute atomic E-state index is 15.6. The monoisotopic (exact) mass is 1340 g/mol. The molecule has 0 bridgehead atoms. The van der Waals surface area contributed by atoms with Gasteiger partial charge in [0.2, 0.25) is 23.6 Å². The fourth-order valence-corrected chi connectivity index (χ4v) is 23.0. The molecule has 0 radical (unpaired) electrons. The Morgan fingerprint density at radius 3 is 0.750 bits per heavy atom. The van der Waals surface area contributed by atoms with Crippen molar-refractivity contribution in [2.45, 2.75) is 124 Å². The first-order valence-corrected chi connectivity index (χ1v) is 35.4. The first-order valence-electron chi connectivity index (χ1n) is 32.4. The van der Waals surface area contributed by atoms with Crippen LogP contribution >= 0.6 is 15.8 Å². The van der Waals surface area contributed by atoms with E-state index in [1.54, 1.807) is 109 Å². The zero-order chi connectivity index (χ0) is 67.4. The predicted molar refractivity (Wildman–Crippen MR) is 346 cm³/mol. The lowest BCUT2D eigenvalue weighted by molar-refractivity contribution is -0.171. The van der Waals surface area contributed by atoms with Crippen LogP contribution in [0, 0.1) is 0 Å². The van der Waals surface area contributed by atoms with Crippen LogP contribution in [0.1, 0.15) is 164 Å². The molecule has 0 spiro atoms. The van der Waals surface area contributed by atoms with E-state index in [-0.39, 0.29) is 74.1 Å². The second-order valence-electron chi connectivity index (χ2n) is 24.8. The molecule has 96 heavy (non-hydrogen) atoms. The number of esters is 4. The standard InChI is InChI=1S/C70H72N8O16P2/c1-91-67(87)49-27-15-37-71(49)59(83)41-19-5-9-23-45(41)63-75-55(79)33-34-56(80)76(75)64(46-24-10-6-20-42(46)60(84)72-38-16-28-50(72)68(88)92-2)95(63)53-31-13-14-32-54(53)96-65(47-25-11-7-21-43(47)61(85)73-39-17-29-51(73)69(89)93-3)77-57(81)35-36-58(82)78(77)66(96)48-26-12-8-22-44(48)62(86)74-40-18-30-52(74)70(90)94-4/h5-14,19-26,31-32,49-52,63-66H,15-18,27-30,33-40H2,1-4H3/t49-,50-,51-,52-,63-,64-,65-,66-/m1/s1. The Morgan fingerprint density at radius 1 is 0.323 bits per heavy atom. The van der Waals surface area contributed by atoms with E-state index in [0.29, 0.717) is 84.2 Å². The Morgan fingerprint density at radius 2 is 0.531 bits per heavy atom. The maximum atomic E-state index is 15.6. The topological polar surface area (TPSA) is 268 Å². The molecule has 8 aliphatic rings. The molecule has 8 heterocycles. The zero-order valence-corrected chi connectivity index (χ0v) is 55.3. The lowest BCUT2D eigenvalue weighted by atomic mass is 10.0. The molecule has 8 amide bonds. The molecule has 8 aliphatic heterocycles. The molecule has 5 aromatic rings. The van der Waals surface area contributed by atoms with Gasteiger partial charge in [0.05, 0.1) is 28.4 Å². The van der Waals surface area contributed by atoms with Gasteiger partial charge in [0.25, 0.3) is 23.6 Å². The van der Waals surface area contributed by atoms with Crippen molar-refractivity contribution < 1.29 is 76.5 Å². The number of carbonyl (C=O) groups is 12. The molecular formula is C70H72N8O16P2. The maximum Gasteiger partial charge on any atom is 0.328 e. The molecule has 24 nitrogen and oxygen atoms in total. The number of likely N-dealkylation sites (tertiary alicyclic amines) is 4. The molecule has 498 valence electrons. The lowest BCUT2D eigenvalue weighted by Crippen LogP contribution is -2.51. The molecule has 0 saturated carbocycles. The summed E-state index contributed by atoms with van der Waals surface area (Å²) < 4.78 is 20.9. The van der Waals surface area contributed by atoms with Crippen LogP contribution in [0.2, 0.25) is 0 Å². The smallest absolute Gasteiger partial charge is 0.328 e. The molecular weight excluding hydrogens is 1270 g/mol. The highest BCUT2D eigenvalue weighted by Gasteiger charge is 2.61. The van der Waals surface area contributed by atoms with Crippen LogP contribution in [0.3, 0.4) is 0 Å². The van der Waals surface area contributed by atoms with Crippen molar-refractivity contribution in [2.24, 2.45) is 0 Å². The molecule has 0 aliphatic carbocycles. The Kier molecular flexibility index (Phi) is 18.4. The minimum Gasteiger partial charge on any atom is -0.467 e. The van der Waals surface area contributed by atoms with Gasteiger partial charge >= 0.3 is 23.9 Å². The van der Waals surface area contributed by atoms with Crippen molar-refractivity contribution in [3.8, 4) is 0 Å². The van der Waals surface area contributed by atoms with Crippen LogP contribution in [0.15, 0.2) is 121 Å². The number of hydrogen-bond acceptors (Lipinski definition) is 16. The van der Waals surface area contributed by atoms with E-state index in [1.807, 2.05) is 12.1 Å². The quantitative estimate of drug-likeness (QED) is 0.0646. The first-order chi connectivity index (χ1) is 46.5. The molecule has 26 heteroatoms. The Labute approximate surface area is 556 Å². The fourth-order valence-electron chi connectivity index (χ4n) is 15.5. The van der Waals surface area contributed by atoms with Crippen LogP contribution in [0.25, 0.3) is 0 Å². The normalized spacial score (nSPS) is 24.4. The summed E-state index contributed by atoms with van der Waals surface area (Å²) in [6.45, 7) is 0.767. The molecule has 0 unspecified atom stereocenters.